The van der Waals surface area contributed by atoms with Crippen molar-refractivity contribution in [1.82, 2.24) is 0 Å². The van der Waals surface area contributed by atoms with Gasteiger partial charge in [0.1, 0.15) is 0 Å². The summed E-state index contributed by atoms with van der Waals surface area (Å²) in [6, 6.07) is 13.4. The van der Waals surface area contributed by atoms with E-state index in [1.165, 1.54) is 6.07 Å². The molecule has 1 unspecified atom stereocenters. The van der Waals surface area contributed by atoms with Gasteiger partial charge in [0.25, 0.3) is 0 Å². The quantitative estimate of drug-likeness (QED) is 0.941. The molecule has 2 rings (SSSR count). The minimum atomic E-state index is -1.44. The van der Waals surface area contributed by atoms with Crippen LogP contribution in [0.25, 0.3) is 0 Å². The Morgan fingerprint density at radius 1 is 1.11 bits per heavy atom. The predicted molar refractivity (Wildman–Crippen MR) is 75.0 cm³/mol. The molecule has 0 bridgehead atoms. The molecule has 0 radical (unpaired) electrons. The number of rotatable bonds is 4. The monoisotopic (exact) mass is 294 g/mol. The third-order valence-electron chi connectivity index (χ3n) is 2.61. The molecule has 0 aliphatic rings. The molecular formula is C14H11ClO3S. The lowest BCUT2D eigenvalue weighted by Gasteiger charge is -2.07. The first-order valence-electron chi connectivity index (χ1n) is 5.53. The molecule has 98 valence electrons. The average Bonchev–Trinajstić information content (AvgIpc) is 2.41. The molecule has 0 amide bonds. The highest BCUT2D eigenvalue weighted by molar-refractivity contribution is 7.84. The van der Waals surface area contributed by atoms with Gasteiger partial charge in [-0.15, -0.1) is 0 Å². The van der Waals surface area contributed by atoms with Crippen molar-refractivity contribution in [3.05, 3.63) is 64.7 Å². The zero-order valence-corrected chi connectivity index (χ0v) is 11.4. The Morgan fingerprint density at radius 3 is 2.42 bits per heavy atom. The van der Waals surface area contributed by atoms with Crippen LogP contribution < -0.4 is 0 Å². The summed E-state index contributed by atoms with van der Waals surface area (Å²) in [5.74, 6) is -0.882. The smallest absolute Gasteiger partial charge is 0.336 e. The summed E-state index contributed by atoms with van der Waals surface area (Å²) >= 11 is 6.01. The van der Waals surface area contributed by atoms with Gasteiger partial charge in [0, 0.05) is 5.02 Å². The number of halogens is 1. The van der Waals surface area contributed by atoms with Crippen molar-refractivity contribution in [2.75, 3.05) is 0 Å². The SMILES string of the molecule is O=C(O)c1ccccc1S(=O)Cc1ccccc1Cl. The van der Waals surface area contributed by atoms with Crippen LogP contribution in [0.1, 0.15) is 15.9 Å². The zero-order valence-electron chi connectivity index (χ0n) is 9.88. The van der Waals surface area contributed by atoms with Gasteiger partial charge in [-0.25, -0.2) is 4.79 Å². The van der Waals surface area contributed by atoms with E-state index in [4.69, 9.17) is 16.7 Å². The molecule has 0 fully saturated rings. The van der Waals surface area contributed by atoms with Crippen LogP contribution in [0.2, 0.25) is 5.02 Å². The number of carboxylic acid groups (broad SMARTS) is 1. The third kappa shape index (κ3) is 3.22. The molecular weight excluding hydrogens is 284 g/mol. The minimum absolute atomic E-state index is 0.0629. The molecule has 2 aromatic rings. The van der Waals surface area contributed by atoms with Crippen LogP contribution in [0.15, 0.2) is 53.4 Å². The summed E-state index contributed by atoms with van der Waals surface area (Å²) in [6.07, 6.45) is 0. The second-order valence-electron chi connectivity index (χ2n) is 3.88. The van der Waals surface area contributed by atoms with Crippen molar-refractivity contribution in [3.8, 4) is 0 Å². The Balaban J connectivity index is 2.31. The van der Waals surface area contributed by atoms with E-state index < -0.39 is 16.8 Å². The number of aromatic carboxylic acids is 1. The summed E-state index contributed by atoms with van der Waals surface area (Å²) in [4.78, 5) is 11.4. The molecule has 0 aliphatic heterocycles. The first kappa shape index (κ1) is 13.8. The second-order valence-corrected chi connectivity index (χ2v) is 5.71. The van der Waals surface area contributed by atoms with Gasteiger partial charge in [0.05, 0.1) is 27.0 Å². The van der Waals surface area contributed by atoms with Crippen LogP contribution in [0, 0.1) is 0 Å². The van der Waals surface area contributed by atoms with Crippen molar-refractivity contribution in [2.45, 2.75) is 10.6 Å². The fourth-order valence-electron chi connectivity index (χ4n) is 1.68. The minimum Gasteiger partial charge on any atom is -0.478 e. The van der Waals surface area contributed by atoms with E-state index in [0.717, 1.165) is 5.56 Å². The number of carboxylic acids is 1. The van der Waals surface area contributed by atoms with Crippen LogP contribution in [0.4, 0.5) is 0 Å². The Hall–Kier alpha value is -1.65. The molecule has 3 nitrogen and oxygen atoms in total. The lowest BCUT2D eigenvalue weighted by Crippen LogP contribution is -2.05. The largest absolute Gasteiger partial charge is 0.478 e. The van der Waals surface area contributed by atoms with E-state index in [9.17, 15) is 9.00 Å². The van der Waals surface area contributed by atoms with Gasteiger partial charge in [-0.3, -0.25) is 4.21 Å². The van der Waals surface area contributed by atoms with E-state index in [1.54, 1.807) is 36.4 Å². The van der Waals surface area contributed by atoms with Gasteiger partial charge in [-0.1, -0.05) is 41.9 Å². The highest BCUT2D eigenvalue weighted by atomic mass is 35.5. The van der Waals surface area contributed by atoms with Gasteiger partial charge in [0.15, 0.2) is 0 Å². The van der Waals surface area contributed by atoms with Crippen molar-refractivity contribution in [2.24, 2.45) is 0 Å². The summed E-state index contributed by atoms with van der Waals surface area (Å²) in [7, 11) is -1.44. The van der Waals surface area contributed by atoms with Gasteiger partial charge >= 0.3 is 5.97 Å². The molecule has 0 spiro atoms. The van der Waals surface area contributed by atoms with Crippen molar-refractivity contribution >= 4 is 28.4 Å². The Labute approximate surface area is 118 Å². The molecule has 0 aliphatic carbocycles. The number of benzene rings is 2. The fraction of sp³-hybridized carbons (Fsp3) is 0.0714. The molecule has 1 atom stereocenters. The summed E-state index contributed by atoms with van der Waals surface area (Å²) in [6.45, 7) is 0. The van der Waals surface area contributed by atoms with Crippen LogP contribution in [-0.4, -0.2) is 15.3 Å². The maximum absolute atomic E-state index is 12.3. The van der Waals surface area contributed by atoms with Gasteiger partial charge in [0.2, 0.25) is 0 Å². The predicted octanol–water partition coefficient (Wildman–Crippen LogP) is 3.35. The number of hydrogen-bond donors (Lipinski definition) is 1. The van der Waals surface area contributed by atoms with Crippen molar-refractivity contribution < 1.29 is 14.1 Å². The van der Waals surface area contributed by atoms with E-state index in [1.807, 2.05) is 6.07 Å². The highest BCUT2D eigenvalue weighted by Gasteiger charge is 2.15. The van der Waals surface area contributed by atoms with Crippen LogP contribution in [0.3, 0.4) is 0 Å². The standard InChI is InChI=1S/C14H11ClO3S/c15-12-7-3-1-5-10(12)9-19(18)13-8-4-2-6-11(13)14(16)17/h1-8H,9H2,(H,16,17). The maximum atomic E-state index is 12.3. The lowest BCUT2D eigenvalue weighted by atomic mass is 10.2. The topological polar surface area (TPSA) is 54.4 Å². The lowest BCUT2D eigenvalue weighted by molar-refractivity contribution is 0.0693. The Morgan fingerprint density at radius 2 is 1.74 bits per heavy atom. The highest BCUT2D eigenvalue weighted by Crippen LogP contribution is 2.21. The first-order chi connectivity index (χ1) is 9.09. The number of carbonyl (C=O) groups is 1. The number of hydrogen-bond acceptors (Lipinski definition) is 2. The van der Waals surface area contributed by atoms with Crippen molar-refractivity contribution in [3.63, 3.8) is 0 Å². The summed E-state index contributed by atoms with van der Waals surface area (Å²) in [5, 5.41) is 9.61. The normalized spacial score (nSPS) is 12.1. The molecule has 0 aromatic heterocycles. The molecule has 1 N–H and O–H groups in total. The first-order valence-corrected chi connectivity index (χ1v) is 7.23. The van der Waals surface area contributed by atoms with Gasteiger partial charge in [-0.2, -0.15) is 0 Å². The van der Waals surface area contributed by atoms with Gasteiger partial charge in [-0.05, 0) is 23.8 Å². The Kier molecular flexibility index (Phi) is 4.35. The van der Waals surface area contributed by atoms with E-state index in [-0.39, 0.29) is 11.3 Å². The zero-order chi connectivity index (χ0) is 13.8. The van der Waals surface area contributed by atoms with E-state index in [2.05, 4.69) is 0 Å². The van der Waals surface area contributed by atoms with Crippen molar-refractivity contribution in [1.29, 1.82) is 0 Å². The maximum Gasteiger partial charge on any atom is 0.336 e. The van der Waals surface area contributed by atoms with Crippen LogP contribution in [-0.2, 0) is 16.6 Å². The average molecular weight is 295 g/mol. The molecule has 0 saturated carbocycles. The van der Waals surface area contributed by atoms with E-state index >= 15 is 0 Å². The van der Waals surface area contributed by atoms with Gasteiger partial charge < -0.3 is 5.11 Å². The molecule has 0 saturated heterocycles. The fourth-order valence-corrected chi connectivity index (χ4v) is 3.28. The molecule has 5 heteroatoms. The van der Waals surface area contributed by atoms with Crippen LogP contribution >= 0.6 is 11.6 Å². The Bertz CT molecular complexity index is 640. The summed E-state index contributed by atoms with van der Waals surface area (Å²) in [5.41, 5.74) is 0.801. The second kappa shape index (κ2) is 5.99. The third-order valence-corrected chi connectivity index (χ3v) is 4.40. The van der Waals surface area contributed by atoms with Crippen LogP contribution in [0.5, 0.6) is 0 Å². The summed E-state index contributed by atoms with van der Waals surface area (Å²) < 4.78 is 12.3. The molecule has 19 heavy (non-hydrogen) atoms. The molecule has 0 heterocycles. The van der Waals surface area contributed by atoms with E-state index in [0.29, 0.717) is 9.92 Å². The molecule has 2 aromatic carbocycles.